The highest BCUT2D eigenvalue weighted by Gasteiger charge is 2.33. The Bertz CT molecular complexity index is 671. The van der Waals surface area contributed by atoms with Crippen LogP contribution in [0.5, 0.6) is 0 Å². The summed E-state index contributed by atoms with van der Waals surface area (Å²) in [5.74, 6) is 0.815. The van der Waals surface area contributed by atoms with Gasteiger partial charge in [0.15, 0.2) is 0 Å². The van der Waals surface area contributed by atoms with Gasteiger partial charge in [0, 0.05) is 12.1 Å². The highest BCUT2D eigenvalue weighted by molar-refractivity contribution is 7.89. The van der Waals surface area contributed by atoms with Gasteiger partial charge in [-0.1, -0.05) is 19.1 Å². The van der Waals surface area contributed by atoms with Crippen LogP contribution in [0.3, 0.4) is 0 Å². The first kappa shape index (κ1) is 19.4. The number of piperidine rings is 1. The first-order valence-corrected chi connectivity index (χ1v) is 11.4. The minimum atomic E-state index is -3.50. The van der Waals surface area contributed by atoms with Crippen molar-refractivity contribution in [3.8, 4) is 0 Å². The lowest BCUT2D eigenvalue weighted by atomic mass is 9.97. The molecule has 1 saturated carbocycles. The molecule has 0 amide bonds. The van der Waals surface area contributed by atoms with E-state index in [0.717, 1.165) is 38.3 Å². The van der Waals surface area contributed by atoms with E-state index in [2.05, 4.69) is 16.5 Å². The van der Waals surface area contributed by atoms with Gasteiger partial charge >= 0.3 is 0 Å². The fourth-order valence-electron chi connectivity index (χ4n) is 3.87. The summed E-state index contributed by atoms with van der Waals surface area (Å²) < 4.78 is 28.1. The van der Waals surface area contributed by atoms with Crippen LogP contribution in [0.2, 0.25) is 0 Å². The molecule has 2 unspecified atom stereocenters. The third-order valence-corrected chi connectivity index (χ3v) is 7.54. The number of nitrogens with zero attached hydrogens (tertiary/aromatic N) is 1. The van der Waals surface area contributed by atoms with Gasteiger partial charge in [-0.25, -0.2) is 13.1 Å². The smallest absolute Gasteiger partial charge is 0.240 e. The number of alkyl halides is 2. The molecule has 1 N–H and O–H groups in total. The van der Waals surface area contributed by atoms with Crippen molar-refractivity contribution in [3.05, 3.63) is 29.8 Å². The summed E-state index contributed by atoms with van der Waals surface area (Å²) in [5.41, 5.74) is 0.697. The van der Waals surface area contributed by atoms with Crippen molar-refractivity contribution >= 4 is 33.2 Å². The van der Waals surface area contributed by atoms with Gasteiger partial charge in [0.25, 0.3) is 0 Å². The maximum Gasteiger partial charge on any atom is 0.240 e. The molecular weight excluding hydrogens is 379 g/mol. The largest absolute Gasteiger partial charge is 0.300 e. The van der Waals surface area contributed by atoms with Gasteiger partial charge in [0.05, 0.1) is 4.90 Å². The first-order chi connectivity index (χ1) is 11.8. The summed E-state index contributed by atoms with van der Waals surface area (Å²) in [5, 5.41) is 0. The first-order valence-electron chi connectivity index (χ1n) is 8.99. The van der Waals surface area contributed by atoms with E-state index in [0.29, 0.717) is 11.6 Å². The maximum atomic E-state index is 12.6. The molecule has 4 nitrogen and oxygen atoms in total. The Hall–Kier alpha value is -0.330. The Morgan fingerprint density at radius 2 is 1.72 bits per heavy atom. The Morgan fingerprint density at radius 3 is 2.32 bits per heavy atom. The number of nitrogens with one attached hydrogen (secondary N) is 1. The van der Waals surface area contributed by atoms with E-state index in [-0.39, 0.29) is 10.9 Å². The highest BCUT2D eigenvalue weighted by Crippen LogP contribution is 2.29. The van der Waals surface area contributed by atoms with Crippen molar-refractivity contribution in [1.82, 2.24) is 9.62 Å². The minimum absolute atomic E-state index is 0.0165. The van der Waals surface area contributed by atoms with Gasteiger partial charge in [-0.05, 0) is 68.8 Å². The quantitative estimate of drug-likeness (QED) is 0.751. The van der Waals surface area contributed by atoms with Gasteiger partial charge in [0.1, 0.15) is 4.84 Å². The molecule has 0 bridgehead atoms. The SMILES string of the molecule is CC1CCN(C2CCC(NS(=O)(=O)c3ccc(C(Cl)Cl)cc3)C2)CC1. The summed E-state index contributed by atoms with van der Waals surface area (Å²) in [6.07, 6.45) is 5.38. The Balaban J connectivity index is 1.58. The lowest BCUT2D eigenvalue weighted by Gasteiger charge is -2.35. The zero-order valence-electron chi connectivity index (χ0n) is 14.5. The van der Waals surface area contributed by atoms with Crippen LogP contribution in [-0.4, -0.2) is 38.5 Å². The van der Waals surface area contributed by atoms with Gasteiger partial charge in [-0.15, -0.1) is 23.2 Å². The molecule has 7 heteroatoms. The number of rotatable bonds is 5. The molecule has 1 aliphatic carbocycles. The maximum absolute atomic E-state index is 12.6. The average molecular weight is 405 g/mol. The number of halogens is 2. The molecule has 1 aliphatic heterocycles. The molecule has 140 valence electrons. The van der Waals surface area contributed by atoms with Crippen molar-refractivity contribution in [3.63, 3.8) is 0 Å². The number of benzene rings is 1. The predicted octanol–water partition coefficient (Wildman–Crippen LogP) is 4.09. The standard InChI is InChI=1S/C18H26Cl2N2O2S/c1-13-8-10-22(11-9-13)16-5-4-15(12-16)21-25(23,24)17-6-2-14(3-7-17)18(19)20/h2-3,6-7,13,15-16,18,21H,4-5,8-12H2,1H3. The van der Waals surface area contributed by atoms with E-state index in [4.69, 9.17) is 23.2 Å². The van der Waals surface area contributed by atoms with Gasteiger partial charge < -0.3 is 4.90 Å². The minimum Gasteiger partial charge on any atom is -0.300 e. The molecule has 1 saturated heterocycles. The van der Waals surface area contributed by atoms with E-state index in [1.165, 1.54) is 12.8 Å². The van der Waals surface area contributed by atoms with Crippen LogP contribution in [0.25, 0.3) is 0 Å². The molecule has 0 spiro atoms. The van der Waals surface area contributed by atoms with E-state index in [1.807, 2.05) is 0 Å². The molecule has 2 atom stereocenters. The molecule has 2 aliphatic rings. The highest BCUT2D eigenvalue weighted by atomic mass is 35.5. The molecule has 25 heavy (non-hydrogen) atoms. The van der Waals surface area contributed by atoms with Crippen LogP contribution in [0.4, 0.5) is 0 Å². The number of hydrogen-bond donors (Lipinski definition) is 1. The Morgan fingerprint density at radius 1 is 1.08 bits per heavy atom. The van der Waals surface area contributed by atoms with E-state index >= 15 is 0 Å². The second-order valence-corrected chi connectivity index (χ2v) is 10.2. The zero-order chi connectivity index (χ0) is 18.0. The summed E-state index contributed by atoms with van der Waals surface area (Å²) in [4.78, 5) is 2.16. The normalized spacial score (nSPS) is 26.4. The Labute approximate surface area is 160 Å². The van der Waals surface area contributed by atoms with Crippen LogP contribution in [0, 0.1) is 5.92 Å². The molecule has 2 fully saturated rings. The predicted molar refractivity (Wildman–Crippen MR) is 103 cm³/mol. The zero-order valence-corrected chi connectivity index (χ0v) is 16.8. The van der Waals surface area contributed by atoms with Crippen molar-refractivity contribution in [2.75, 3.05) is 13.1 Å². The second-order valence-electron chi connectivity index (χ2n) is 7.37. The van der Waals surface area contributed by atoms with Crippen LogP contribution >= 0.6 is 23.2 Å². The summed E-state index contributed by atoms with van der Waals surface area (Å²) in [7, 11) is -3.50. The van der Waals surface area contributed by atoms with E-state index < -0.39 is 14.9 Å². The summed E-state index contributed by atoms with van der Waals surface area (Å²) in [6, 6.07) is 6.97. The third-order valence-electron chi connectivity index (χ3n) is 5.50. The van der Waals surface area contributed by atoms with Crippen molar-refractivity contribution < 1.29 is 8.42 Å². The van der Waals surface area contributed by atoms with Crippen LogP contribution < -0.4 is 4.72 Å². The second kappa shape index (κ2) is 8.13. The molecule has 0 aromatic heterocycles. The molecule has 0 radical (unpaired) electrons. The lowest BCUT2D eigenvalue weighted by Crippen LogP contribution is -2.41. The summed E-state index contributed by atoms with van der Waals surface area (Å²) in [6.45, 7) is 4.60. The fourth-order valence-corrected chi connectivity index (χ4v) is 5.44. The number of sulfonamides is 1. The molecule has 1 heterocycles. The number of likely N-dealkylation sites (tertiary alicyclic amines) is 1. The summed E-state index contributed by atoms with van der Waals surface area (Å²) >= 11 is 11.6. The van der Waals surface area contributed by atoms with Crippen LogP contribution in [0.15, 0.2) is 29.2 Å². The van der Waals surface area contributed by atoms with Crippen LogP contribution in [0.1, 0.15) is 49.4 Å². The van der Waals surface area contributed by atoms with E-state index in [1.54, 1.807) is 24.3 Å². The molecule has 3 rings (SSSR count). The van der Waals surface area contributed by atoms with Crippen molar-refractivity contribution in [1.29, 1.82) is 0 Å². The number of hydrogen-bond acceptors (Lipinski definition) is 3. The Kier molecular flexibility index (Phi) is 6.32. The lowest BCUT2D eigenvalue weighted by molar-refractivity contribution is 0.139. The van der Waals surface area contributed by atoms with Gasteiger partial charge in [0.2, 0.25) is 10.0 Å². The molecule has 1 aromatic rings. The van der Waals surface area contributed by atoms with Gasteiger partial charge in [-0.3, -0.25) is 0 Å². The average Bonchev–Trinajstić information content (AvgIpc) is 3.03. The third kappa shape index (κ3) is 4.89. The van der Waals surface area contributed by atoms with Gasteiger partial charge in [-0.2, -0.15) is 0 Å². The monoisotopic (exact) mass is 404 g/mol. The topological polar surface area (TPSA) is 49.4 Å². The molecular formula is C18H26Cl2N2O2S. The van der Waals surface area contributed by atoms with Crippen molar-refractivity contribution in [2.24, 2.45) is 5.92 Å². The molecule has 1 aromatic carbocycles. The van der Waals surface area contributed by atoms with Crippen LogP contribution in [-0.2, 0) is 10.0 Å². The fraction of sp³-hybridized carbons (Fsp3) is 0.667. The van der Waals surface area contributed by atoms with E-state index in [9.17, 15) is 8.42 Å². The van der Waals surface area contributed by atoms with Crippen molar-refractivity contribution in [2.45, 2.75) is 60.8 Å².